The molecule has 0 saturated heterocycles. The molecule has 8 rings (SSSR count). The van der Waals surface area contributed by atoms with Gasteiger partial charge < -0.3 is 9.32 Å². The van der Waals surface area contributed by atoms with Gasteiger partial charge in [-0.3, -0.25) is 0 Å². The Kier molecular flexibility index (Phi) is 6.51. The van der Waals surface area contributed by atoms with Gasteiger partial charge >= 0.3 is 0 Å². The van der Waals surface area contributed by atoms with E-state index in [1.54, 1.807) is 0 Å². The highest BCUT2D eigenvalue weighted by Gasteiger charge is 2.22. The fourth-order valence-electron chi connectivity index (χ4n) is 6.14. The second-order valence-corrected chi connectivity index (χ2v) is 11.0. The van der Waals surface area contributed by atoms with E-state index in [9.17, 15) is 0 Å². The minimum absolute atomic E-state index is 0.884. The van der Waals surface area contributed by atoms with Crippen LogP contribution < -0.4 is 4.90 Å². The van der Waals surface area contributed by atoms with Gasteiger partial charge in [-0.05, 0) is 70.3 Å². The van der Waals surface area contributed by atoms with Crippen molar-refractivity contribution in [1.29, 1.82) is 0 Å². The van der Waals surface area contributed by atoms with Crippen molar-refractivity contribution < 1.29 is 4.42 Å². The Labute approximate surface area is 257 Å². The standard InChI is InChI=1S/C42H29NO/c1-4-12-30(13-5-1)31-20-22-32(23-21-31)33-24-26-36(27-25-33)43(35-16-8-3-9-17-35)39-29-28-37(34-14-6-2-7-15-34)42-41(39)38-18-10-11-19-40(38)44-42/h1-29H. The predicted molar refractivity (Wildman–Crippen MR) is 185 cm³/mol. The van der Waals surface area contributed by atoms with Gasteiger partial charge in [0.2, 0.25) is 0 Å². The van der Waals surface area contributed by atoms with Crippen LogP contribution in [0.4, 0.5) is 17.1 Å². The van der Waals surface area contributed by atoms with E-state index < -0.39 is 0 Å². The summed E-state index contributed by atoms with van der Waals surface area (Å²) in [7, 11) is 0. The molecule has 0 unspecified atom stereocenters. The van der Waals surface area contributed by atoms with Crippen molar-refractivity contribution >= 4 is 39.0 Å². The van der Waals surface area contributed by atoms with E-state index in [2.05, 4.69) is 169 Å². The largest absolute Gasteiger partial charge is 0.455 e. The molecule has 208 valence electrons. The smallest absolute Gasteiger partial charge is 0.145 e. The van der Waals surface area contributed by atoms with Crippen molar-refractivity contribution in [3.8, 4) is 33.4 Å². The lowest BCUT2D eigenvalue weighted by molar-refractivity contribution is 0.670. The molecule has 0 atom stereocenters. The third-order valence-corrected chi connectivity index (χ3v) is 8.30. The Balaban J connectivity index is 1.26. The number of para-hydroxylation sites is 2. The van der Waals surface area contributed by atoms with Gasteiger partial charge in [-0.25, -0.2) is 0 Å². The topological polar surface area (TPSA) is 16.4 Å². The summed E-state index contributed by atoms with van der Waals surface area (Å²) in [4.78, 5) is 2.33. The van der Waals surface area contributed by atoms with Gasteiger partial charge in [-0.1, -0.05) is 133 Å². The van der Waals surface area contributed by atoms with Crippen LogP contribution in [0, 0.1) is 0 Å². The van der Waals surface area contributed by atoms with Crippen LogP contribution in [0.15, 0.2) is 180 Å². The number of anilines is 3. The molecular formula is C42H29NO. The third-order valence-electron chi connectivity index (χ3n) is 8.30. The SMILES string of the molecule is c1ccc(-c2ccc(-c3ccc(N(c4ccccc4)c4ccc(-c5ccccc5)c5oc6ccccc6c45)cc3)cc2)cc1. The normalized spacial score (nSPS) is 11.2. The van der Waals surface area contributed by atoms with Crippen LogP contribution in [-0.2, 0) is 0 Å². The highest BCUT2D eigenvalue weighted by atomic mass is 16.3. The highest BCUT2D eigenvalue weighted by Crippen LogP contribution is 2.46. The number of rotatable bonds is 6. The molecule has 0 spiro atoms. The van der Waals surface area contributed by atoms with Crippen molar-refractivity contribution in [3.63, 3.8) is 0 Å². The summed E-state index contributed by atoms with van der Waals surface area (Å²) in [6, 6.07) is 62.0. The molecule has 0 aliphatic carbocycles. The first kappa shape index (κ1) is 25.8. The molecule has 8 aromatic rings. The average Bonchev–Trinajstić information content (AvgIpc) is 3.50. The minimum atomic E-state index is 0.884. The minimum Gasteiger partial charge on any atom is -0.455 e. The summed E-state index contributed by atoms with van der Waals surface area (Å²) in [5.74, 6) is 0. The van der Waals surface area contributed by atoms with Gasteiger partial charge in [0.1, 0.15) is 11.2 Å². The molecule has 0 radical (unpaired) electrons. The first-order valence-electron chi connectivity index (χ1n) is 14.9. The zero-order valence-corrected chi connectivity index (χ0v) is 24.1. The molecule has 1 heterocycles. The molecule has 2 heteroatoms. The fraction of sp³-hybridized carbons (Fsp3) is 0. The lowest BCUT2D eigenvalue weighted by Gasteiger charge is -2.27. The molecule has 44 heavy (non-hydrogen) atoms. The molecule has 0 bridgehead atoms. The van der Waals surface area contributed by atoms with E-state index in [0.29, 0.717) is 0 Å². The van der Waals surface area contributed by atoms with Crippen molar-refractivity contribution in [1.82, 2.24) is 0 Å². The van der Waals surface area contributed by atoms with Crippen molar-refractivity contribution in [2.45, 2.75) is 0 Å². The predicted octanol–water partition coefficient (Wildman–Crippen LogP) is 12.1. The second-order valence-electron chi connectivity index (χ2n) is 11.0. The van der Waals surface area contributed by atoms with Crippen molar-refractivity contribution in [3.05, 3.63) is 176 Å². The number of hydrogen-bond acceptors (Lipinski definition) is 2. The molecule has 0 fully saturated rings. The quantitative estimate of drug-likeness (QED) is 0.200. The zero-order valence-electron chi connectivity index (χ0n) is 24.1. The van der Waals surface area contributed by atoms with E-state index in [0.717, 1.165) is 50.1 Å². The van der Waals surface area contributed by atoms with E-state index >= 15 is 0 Å². The lowest BCUT2D eigenvalue weighted by Crippen LogP contribution is -2.10. The Morgan fingerprint density at radius 1 is 0.364 bits per heavy atom. The Morgan fingerprint density at radius 2 is 0.841 bits per heavy atom. The van der Waals surface area contributed by atoms with Crippen LogP contribution >= 0.6 is 0 Å². The van der Waals surface area contributed by atoms with Crippen LogP contribution in [0.5, 0.6) is 0 Å². The van der Waals surface area contributed by atoms with E-state index in [4.69, 9.17) is 4.42 Å². The average molecular weight is 564 g/mol. The van der Waals surface area contributed by atoms with Gasteiger partial charge in [0.25, 0.3) is 0 Å². The summed E-state index contributed by atoms with van der Waals surface area (Å²) in [6.45, 7) is 0. The molecule has 0 aliphatic heterocycles. The molecule has 0 amide bonds. The summed E-state index contributed by atoms with van der Waals surface area (Å²) >= 11 is 0. The Morgan fingerprint density at radius 3 is 1.48 bits per heavy atom. The summed E-state index contributed by atoms with van der Waals surface area (Å²) in [6.07, 6.45) is 0. The first-order chi connectivity index (χ1) is 21.8. The summed E-state index contributed by atoms with van der Waals surface area (Å²) < 4.78 is 6.59. The van der Waals surface area contributed by atoms with Crippen LogP contribution in [0.2, 0.25) is 0 Å². The number of fused-ring (bicyclic) bond motifs is 3. The van der Waals surface area contributed by atoms with Gasteiger partial charge in [0.15, 0.2) is 0 Å². The van der Waals surface area contributed by atoms with Crippen LogP contribution in [0.1, 0.15) is 0 Å². The maximum absolute atomic E-state index is 6.59. The lowest BCUT2D eigenvalue weighted by atomic mass is 9.99. The number of nitrogens with zero attached hydrogens (tertiary/aromatic N) is 1. The molecule has 2 nitrogen and oxygen atoms in total. The van der Waals surface area contributed by atoms with Crippen LogP contribution in [0.25, 0.3) is 55.3 Å². The second kappa shape index (κ2) is 11.1. The van der Waals surface area contributed by atoms with E-state index in [1.165, 1.54) is 22.3 Å². The number of furan rings is 1. The Bertz CT molecular complexity index is 2180. The van der Waals surface area contributed by atoms with E-state index in [-0.39, 0.29) is 0 Å². The highest BCUT2D eigenvalue weighted by molar-refractivity contribution is 6.17. The molecule has 0 aliphatic rings. The van der Waals surface area contributed by atoms with Crippen molar-refractivity contribution in [2.75, 3.05) is 4.90 Å². The van der Waals surface area contributed by atoms with Gasteiger partial charge in [-0.15, -0.1) is 0 Å². The first-order valence-corrected chi connectivity index (χ1v) is 14.9. The zero-order chi connectivity index (χ0) is 29.3. The molecule has 1 aromatic heterocycles. The Hall–Kier alpha value is -5.86. The van der Waals surface area contributed by atoms with Crippen LogP contribution in [0.3, 0.4) is 0 Å². The summed E-state index contributed by atoms with van der Waals surface area (Å²) in [5.41, 5.74) is 12.1. The molecule has 7 aromatic carbocycles. The maximum atomic E-state index is 6.59. The number of benzene rings is 7. The third kappa shape index (κ3) is 4.63. The fourth-order valence-corrected chi connectivity index (χ4v) is 6.14. The van der Waals surface area contributed by atoms with Gasteiger partial charge in [0, 0.05) is 22.3 Å². The van der Waals surface area contributed by atoms with Gasteiger partial charge in [-0.2, -0.15) is 0 Å². The van der Waals surface area contributed by atoms with Crippen LogP contribution in [-0.4, -0.2) is 0 Å². The maximum Gasteiger partial charge on any atom is 0.145 e. The molecular weight excluding hydrogens is 534 g/mol. The van der Waals surface area contributed by atoms with Gasteiger partial charge in [0.05, 0.1) is 11.1 Å². The monoisotopic (exact) mass is 563 g/mol. The number of hydrogen-bond donors (Lipinski definition) is 0. The molecule has 0 N–H and O–H groups in total. The molecule has 0 saturated carbocycles. The van der Waals surface area contributed by atoms with Crippen molar-refractivity contribution in [2.24, 2.45) is 0 Å². The summed E-state index contributed by atoms with van der Waals surface area (Å²) in [5, 5.41) is 2.21. The van der Waals surface area contributed by atoms with E-state index in [1.807, 2.05) is 12.1 Å².